The van der Waals surface area contributed by atoms with Gasteiger partial charge in [-0.1, -0.05) is 60.7 Å². The van der Waals surface area contributed by atoms with Crippen molar-refractivity contribution in [3.63, 3.8) is 0 Å². The largest absolute Gasteiger partial charge is 0.461 e. The number of ether oxygens (including phenoxy) is 3. The van der Waals surface area contributed by atoms with E-state index in [4.69, 9.17) is 19.9 Å². The minimum absolute atomic E-state index is 0.0435. The fourth-order valence-electron chi connectivity index (χ4n) is 5.04. The molecule has 15 nitrogen and oxygen atoms in total. The summed E-state index contributed by atoms with van der Waals surface area (Å²) in [6.45, 7) is 1.12. The number of primary amides is 1. The van der Waals surface area contributed by atoms with Crippen LogP contribution in [0.1, 0.15) is 37.8 Å². The van der Waals surface area contributed by atoms with E-state index in [1.807, 2.05) is 6.07 Å². The third-order valence-electron chi connectivity index (χ3n) is 7.44. The zero-order valence-corrected chi connectivity index (χ0v) is 26.2. The van der Waals surface area contributed by atoms with Gasteiger partial charge in [0.05, 0.1) is 6.61 Å². The number of carbonyl (C=O) groups is 5. The maximum atomic E-state index is 12.8. The maximum Gasteiger partial charge on any atom is 0.306 e. The van der Waals surface area contributed by atoms with Crippen molar-refractivity contribution < 1.29 is 53.5 Å². The third-order valence-corrected chi connectivity index (χ3v) is 7.44. The summed E-state index contributed by atoms with van der Waals surface area (Å²) in [5.74, 6) is -5.82. The Hall–Kier alpha value is -4.41. The molecule has 7 atom stereocenters. The van der Waals surface area contributed by atoms with Crippen LogP contribution in [0.5, 0.6) is 0 Å². The van der Waals surface area contributed by atoms with Crippen LogP contribution in [0.25, 0.3) is 0 Å². The van der Waals surface area contributed by atoms with Gasteiger partial charge < -0.3 is 51.2 Å². The average Bonchev–Trinajstić information content (AvgIpc) is 3.04. The molecule has 256 valence electrons. The van der Waals surface area contributed by atoms with Gasteiger partial charge >= 0.3 is 5.97 Å². The first-order valence-corrected chi connectivity index (χ1v) is 15.0. The smallest absolute Gasteiger partial charge is 0.306 e. The monoisotopic (exact) mass is 658 g/mol. The number of nitrogens with two attached hydrogens (primary N) is 1. The Morgan fingerprint density at radius 3 is 2.19 bits per heavy atom. The van der Waals surface area contributed by atoms with Crippen LogP contribution in [0.3, 0.4) is 0 Å². The Bertz CT molecular complexity index is 1360. The highest BCUT2D eigenvalue weighted by molar-refractivity contribution is 5.91. The summed E-state index contributed by atoms with van der Waals surface area (Å²) in [5, 5.41) is 39.6. The Morgan fingerprint density at radius 2 is 1.62 bits per heavy atom. The second-order valence-electron chi connectivity index (χ2n) is 11.2. The van der Waals surface area contributed by atoms with E-state index in [9.17, 15) is 39.3 Å². The van der Waals surface area contributed by atoms with E-state index in [0.29, 0.717) is 5.56 Å². The van der Waals surface area contributed by atoms with Crippen molar-refractivity contribution in [2.45, 2.75) is 81.9 Å². The predicted octanol–water partition coefficient (Wildman–Crippen LogP) is -1.44. The number of rotatable bonds is 16. The van der Waals surface area contributed by atoms with Crippen molar-refractivity contribution in [1.82, 2.24) is 16.0 Å². The van der Waals surface area contributed by atoms with Crippen molar-refractivity contribution in [2.75, 3.05) is 13.2 Å². The molecule has 8 N–H and O–H groups in total. The second kappa shape index (κ2) is 17.5. The first-order valence-electron chi connectivity index (χ1n) is 15.0. The van der Waals surface area contributed by atoms with Gasteiger partial charge in [-0.2, -0.15) is 0 Å². The minimum atomic E-state index is -2.15. The molecule has 2 aromatic rings. The van der Waals surface area contributed by atoms with Crippen molar-refractivity contribution in [2.24, 2.45) is 5.73 Å². The second-order valence-corrected chi connectivity index (χ2v) is 11.2. The van der Waals surface area contributed by atoms with Crippen molar-refractivity contribution in [3.8, 4) is 0 Å². The van der Waals surface area contributed by atoms with E-state index in [-0.39, 0.29) is 25.9 Å². The van der Waals surface area contributed by atoms with Gasteiger partial charge in [0.15, 0.2) is 5.79 Å². The summed E-state index contributed by atoms with van der Waals surface area (Å²) < 4.78 is 16.5. The molecule has 0 aliphatic carbocycles. The van der Waals surface area contributed by atoms with Gasteiger partial charge in [0.2, 0.25) is 23.6 Å². The minimum Gasteiger partial charge on any atom is -0.461 e. The lowest BCUT2D eigenvalue weighted by Gasteiger charge is -2.49. The standard InChI is InChI=1S/C32H42N4O11/c1-19(31(43)36-23(30(33)42)13-14-26(40)45-17-22-11-7-4-8-12-22)34-25(39)18-46-28-27(41)24(16-37)47-32(44,29(28)35-20(2)38)15-21-9-5-3-6-10-21/h3-12,19,23-24,27-29,37,41,44H,13-18H2,1-2H3,(H2,33,42)(H,34,39)(H,35,38)(H,36,43)/t19-,23+,24+,27+,28-,29+,32-/m0/s1. The highest BCUT2D eigenvalue weighted by atomic mass is 16.7. The number of hydrogen-bond donors (Lipinski definition) is 7. The molecule has 0 bridgehead atoms. The molecule has 0 spiro atoms. The normalized spacial score (nSPS) is 23.5. The zero-order valence-electron chi connectivity index (χ0n) is 26.2. The zero-order chi connectivity index (χ0) is 34.6. The lowest BCUT2D eigenvalue weighted by molar-refractivity contribution is -0.322. The van der Waals surface area contributed by atoms with Crippen LogP contribution in [-0.2, 0) is 51.2 Å². The molecule has 1 aliphatic heterocycles. The van der Waals surface area contributed by atoms with Gasteiger partial charge in [-0.05, 0) is 24.5 Å². The van der Waals surface area contributed by atoms with Crippen LogP contribution in [-0.4, -0.2) is 100 Å². The van der Waals surface area contributed by atoms with Crippen LogP contribution in [0.15, 0.2) is 60.7 Å². The van der Waals surface area contributed by atoms with Gasteiger partial charge in [0.25, 0.3) is 0 Å². The molecule has 1 saturated heterocycles. The first kappa shape index (κ1) is 37.1. The van der Waals surface area contributed by atoms with Crippen LogP contribution in [0.2, 0.25) is 0 Å². The fraction of sp³-hybridized carbons (Fsp3) is 0.469. The summed E-state index contributed by atoms with van der Waals surface area (Å²) in [6, 6.07) is 13.8. The van der Waals surface area contributed by atoms with Gasteiger partial charge in [0.1, 0.15) is 49.7 Å². The summed E-state index contributed by atoms with van der Waals surface area (Å²) in [5.41, 5.74) is 6.80. The highest BCUT2D eigenvalue weighted by Gasteiger charge is 2.54. The van der Waals surface area contributed by atoms with Crippen molar-refractivity contribution in [3.05, 3.63) is 71.8 Å². The van der Waals surface area contributed by atoms with E-state index >= 15 is 0 Å². The van der Waals surface area contributed by atoms with Crippen LogP contribution >= 0.6 is 0 Å². The fourth-order valence-corrected chi connectivity index (χ4v) is 5.04. The van der Waals surface area contributed by atoms with Crippen molar-refractivity contribution >= 4 is 29.6 Å². The molecule has 47 heavy (non-hydrogen) atoms. The first-order chi connectivity index (χ1) is 22.3. The van der Waals surface area contributed by atoms with Crippen molar-refractivity contribution in [1.29, 1.82) is 0 Å². The number of benzene rings is 2. The molecule has 0 unspecified atom stereocenters. The molecule has 0 aromatic heterocycles. The van der Waals surface area contributed by atoms with Gasteiger partial charge in [-0.15, -0.1) is 0 Å². The van der Waals surface area contributed by atoms with E-state index < -0.39 is 85.0 Å². The lowest BCUT2D eigenvalue weighted by Crippen LogP contribution is -2.71. The number of carbonyl (C=O) groups excluding carboxylic acids is 5. The SMILES string of the molecule is CC(=O)N[C@@H]1[C@@H](OCC(=O)N[C@@H](C)C(=O)N[C@H](CCC(=O)OCc2ccccc2)C(N)=O)[C@H](O)[C@@H](CO)O[C@@]1(O)Cc1ccccc1. The Balaban J connectivity index is 1.57. The Morgan fingerprint density at radius 1 is 1.00 bits per heavy atom. The van der Waals surface area contributed by atoms with Crippen LogP contribution in [0, 0.1) is 0 Å². The molecule has 1 heterocycles. The number of aliphatic hydroxyl groups excluding tert-OH is 2. The molecule has 2 aromatic carbocycles. The average molecular weight is 659 g/mol. The van der Waals surface area contributed by atoms with E-state index in [1.165, 1.54) is 13.8 Å². The highest BCUT2D eigenvalue weighted by Crippen LogP contribution is 2.33. The molecule has 0 radical (unpaired) electrons. The maximum absolute atomic E-state index is 12.8. The molecule has 15 heteroatoms. The number of hydrogen-bond acceptors (Lipinski definition) is 11. The summed E-state index contributed by atoms with van der Waals surface area (Å²) in [4.78, 5) is 61.7. The quantitative estimate of drug-likeness (QED) is 0.103. The lowest BCUT2D eigenvalue weighted by atomic mass is 9.86. The van der Waals surface area contributed by atoms with E-state index in [0.717, 1.165) is 5.56 Å². The number of esters is 1. The predicted molar refractivity (Wildman–Crippen MR) is 165 cm³/mol. The van der Waals surface area contributed by atoms with Crippen LogP contribution in [0.4, 0.5) is 0 Å². The number of nitrogens with one attached hydrogen (secondary N) is 3. The Kier molecular flexibility index (Phi) is 13.8. The summed E-state index contributed by atoms with van der Waals surface area (Å²) in [7, 11) is 0. The number of aliphatic hydroxyl groups is 3. The van der Waals surface area contributed by atoms with E-state index in [2.05, 4.69) is 16.0 Å². The van der Waals surface area contributed by atoms with Gasteiger partial charge in [0, 0.05) is 19.8 Å². The number of amides is 4. The molecule has 4 amide bonds. The molecular weight excluding hydrogens is 616 g/mol. The molecule has 3 rings (SSSR count). The molecular formula is C32H42N4O11. The van der Waals surface area contributed by atoms with Crippen LogP contribution < -0.4 is 21.7 Å². The molecule has 1 fully saturated rings. The van der Waals surface area contributed by atoms with Gasteiger partial charge in [-0.25, -0.2) is 0 Å². The Labute approximate surface area is 271 Å². The molecule has 1 aliphatic rings. The van der Waals surface area contributed by atoms with Gasteiger partial charge in [-0.3, -0.25) is 24.0 Å². The molecule has 0 saturated carbocycles. The summed E-state index contributed by atoms with van der Waals surface area (Å²) >= 11 is 0. The third kappa shape index (κ3) is 11.1. The van der Waals surface area contributed by atoms with E-state index in [1.54, 1.807) is 54.6 Å². The summed E-state index contributed by atoms with van der Waals surface area (Å²) in [6.07, 6.45) is -4.82. The topological polar surface area (TPSA) is 236 Å².